The molecule has 1 unspecified atom stereocenters. The highest BCUT2D eigenvalue weighted by Crippen LogP contribution is 2.14. The fourth-order valence-electron chi connectivity index (χ4n) is 1.85. The van der Waals surface area contributed by atoms with Crippen LogP contribution in [0.15, 0.2) is 26.7 Å². The second-order valence-corrected chi connectivity index (χ2v) is 10.8. The van der Waals surface area contributed by atoms with Crippen LogP contribution in [0.1, 0.15) is 20.3 Å². The van der Waals surface area contributed by atoms with Crippen molar-refractivity contribution in [2.75, 3.05) is 31.6 Å². The minimum atomic E-state index is -3.48. The molecule has 0 aromatic carbocycles. The van der Waals surface area contributed by atoms with E-state index in [1.807, 2.05) is 13.8 Å². The molecule has 3 N–H and O–H groups in total. The predicted octanol–water partition coefficient (Wildman–Crippen LogP) is 0.405. The van der Waals surface area contributed by atoms with Crippen LogP contribution in [0, 0.1) is 0 Å². The Morgan fingerprint density at radius 1 is 1.32 bits per heavy atom. The molecule has 0 spiro atoms. The molecule has 1 aromatic rings. The third-order valence-electron chi connectivity index (χ3n) is 3.08. The Morgan fingerprint density at radius 3 is 2.60 bits per heavy atom. The van der Waals surface area contributed by atoms with Gasteiger partial charge in [0.05, 0.1) is 12.3 Å². The van der Waals surface area contributed by atoms with Crippen LogP contribution < -0.4 is 15.4 Å². The molecule has 1 heterocycles. The molecular formula is C14H26N4O4S3. The zero-order chi connectivity index (χ0) is 18.9. The van der Waals surface area contributed by atoms with Crippen molar-refractivity contribution in [2.45, 2.75) is 30.5 Å². The zero-order valence-electron chi connectivity index (χ0n) is 14.6. The molecule has 1 atom stereocenters. The molecule has 0 radical (unpaired) electrons. The number of guanidine groups is 1. The number of nitrogens with one attached hydrogen (secondary N) is 3. The first-order valence-corrected chi connectivity index (χ1v) is 12.3. The molecule has 0 amide bonds. The molecule has 0 aliphatic carbocycles. The lowest BCUT2D eigenvalue weighted by molar-refractivity contribution is 0.580. The third-order valence-corrected chi connectivity index (χ3v) is 6.92. The molecule has 0 aliphatic rings. The van der Waals surface area contributed by atoms with Crippen molar-refractivity contribution in [3.8, 4) is 0 Å². The van der Waals surface area contributed by atoms with E-state index in [2.05, 4.69) is 20.3 Å². The van der Waals surface area contributed by atoms with E-state index in [4.69, 9.17) is 0 Å². The van der Waals surface area contributed by atoms with Crippen molar-refractivity contribution in [1.82, 2.24) is 15.4 Å². The second-order valence-electron chi connectivity index (χ2n) is 5.55. The number of aliphatic imine (C=N–C) groups is 1. The average Bonchev–Trinajstić information content (AvgIpc) is 3.04. The quantitative estimate of drug-likeness (QED) is 0.292. The van der Waals surface area contributed by atoms with Gasteiger partial charge >= 0.3 is 0 Å². The van der Waals surface area contributed by atoms with Crippen molar-refractivity contribution in [1.29, 1.82) is 0 Å². The lowest BCUT2D eigenvalue weighted by Crippen LogP contribution is -2.43. The Labute approximate surface area is 154 Å². The highest BCUT2D eigenvalue weighted by atomic mass is 32.2. The van der Waals surface area contributed by atoms with Gasteiger partial charge in [0.25, 0.3) is 0 Å². The molecule has 144 valence electrons. The van der Waals surface area contributed by atoms with Crippen molar-refractivity contribution in [2.24, 2.45) is 4.99 Å². The molecule has 0 fully saturated rings. The van der Waals surface area contributed by atoms with Crippen LogP contribution in [0.5, 0.6) is 0 Å². The van der Waals surface area contributed by atoms with Crippen molar-refractivity contribution < 1.29 is 16.8 Å². The molecule has 8 nitrogen and oxygen atoms in total. The van der Waals surface area contributed by atoms with E-state index in [0.717, 1.165) is 11.3 Å². The summed E-state index contributed by atoms with van der Waals surface area (Å²) in [6.07, 6.45) is 1.67. The Balaban J connectivity index is 2.49. The fraction of sp³-hybridized carbons (Fsp3) is 0.643. The van der Waals surface area contributed by atoms with E-state index in [9.17, 15) is 16.8 Å². The van der Waals surface area contributed by atoms with Crippen molar-refractivity contribution in [3.05, 3.63) is 17.5 Å². The highest BCUT2D eigenvalue weighted by Gasteiger charge is 2.14. The van der Waals surface area contributed by atoms with Crippen molar-refractivity contribution in [3.63, 3.8) is 0 Å². The van der Waals surface area contributed by atoms with Crippen LogP contribution in [0.2, 0.25) is 0 Å². The minimum Gasteiger partial charge on any atom is -0.357 e. The van der Waals surface area contributed by atoms with Crippen LogP contribution in [-0.4, -0.2) is 60.5 Å². The van der Waals surface area contributed by atoms with Crippen molar-refractivity contribution >= 4 is 37.2 Å². The Hall–Kier alpha value is -1.17. The number of nitrogens with zero attached hydrogens (tertiary/aromatic N) is 1. The molecule has 0 saturated heterocycles. The SMILES string of the molecule is CCNC(=NCCNS(=O)(=O)c1cccs1)NC(C)CCS(C)(=O)=O. The van der Waals surface area contributed by atoms with Crippen LogP contribution in [0.4, 0.5) is 0 Å². The van der Waals surface area contributed by atoms with Crippen LogP contribution in [-0.2, 0) is 19.9 Å². The standard InChI is InChI=1S/C14H26N4O4S3/c1-4-15-14(18-12(2)7-11-24(3,19)20)16-8-9-17-25(21,22)13-6-5-10-23-13/h5-6,10,12,17H,4,7-9,11H2,1-3H3,(H2,15,16,18). The molecule has 0 saturated carbocycles. The highest BCUT2D eigenvalue weighted by molar-refractivity contribution is 7.91. The summed E-state index contributed by atoms with van der Waals surface area (Å²) in [6, 6.07) is 3.16. The normalized spacial score (nSPS) is 14.3. The van der Waals surface area contributed by atoms with E-state index in [0.29, 0.717) is 18.9 Å². The Kier molecular flexibility index (Phi) is 8.83. The lowest BCUT2D eigenvalue weighted by Gasteiger charge is -2.17. The summed E-state index contributed by atoms with van der Waals surface area (Å²) < 4.78 is 49.2. The van der Waals surface area contributed by atoms with Gasteiger partial charge < -0.3 is 10.6 Å². The summed E-state index contributed by atoms with van der Waals surface area (Å²) in [5.74, 6) is 0.625. The topological polar surface area (TPSA) is 117 Å². The predicted molar refractivity (Wildman–Crippen MR) is 102 cm³/mol. The van der Waals surface area contributed by atoms with E-state index in [-0.39, 0.29) is 29.1 Å². The molecule has 1 aromatic heterocycles. The first kappa shape index (κ1) is 21.9. The fourth-order valence-corrected chi connectivity index (χ4v) is 4.69. The first-order valence-electron chi connectivity index (χ1n) is 7.90. The number of thiophene rings is 1. The first-order chi connectivity index (χ1) is 11.6. The maximum atomic E-state index is 12.0. The number of sulfonamides is 1. The van der Waals surface area contributed by atoms with E-state index >= 15 is 0 Å². The molecule has 1 rings (SSSR count). The summed E-state index contributed by atoms with van der Waals surface area (Å²) in [7, 11) is -6.49. The van der Waals surface area contributed by atoms with Gasteiger partial charge in [0, 0.05) is 25.4 Å². The molecule has 25 heavy (non-hydrogen) atoms. The molecular weight excluding hydrogens is 384 g/mol. The maximum absolute atomic E-state index is 12.0. The van der Waals surface area contributed by atoms with Crippen LogP contribution in [0.25, 0.3) is 0 Å². The average molecular weight is 411 g/mol. The number of sulfone groups is 1. The number of hydrogen-bond donors (Lipinski definition) is 3. The largest absolute Gasteiger partial charge is 0.357 e. The maximum Gasteiger partial charge on any atom is 0.250 e. The van der Waals surface area contributed by atoms with Gasteiger partial charge in [-0.15, -0.1) is 11.3 Å². The van der Waals surface area contributed by atoms with Crippen LogP contribution >= 0.6 is 11.3 Å². The van der Waals surface area contributed by atoms with Gasteiger partial charge in [-0.2, -0.15) is 0 Å². The summed E-state index contributed by atoms with van der Waals surface area (Å²) >= 11 is 1.16. The monoisotopic (exact) mass is 410 g/mol. The number of rotatable bonds is 10. The van der Waals surface area contributed by atoms with Gasteiger partial charge in [0.15, 0.2) is 5.96 Å². The van der Waals surface area contributed by atoms with Gasteiger partial charge in [0.2, 0.25) is 10.0 Å². The smallest absolute Gasteiger partial charge is 0.250 e. The summed E-state index contributed by atoms with van der Waals surface area (Å²) in [6.45, 7) is 4.87. The van der Waals surface area contributed by atoms with Gasteiger partial charge in [0.1, 0.15) is 14.0 Å². The minimum absolute atomic E-state index is 0.0738. The van der Waals surface area contributed by atoms with E-state index in [1.54, 1.807) is 17.5 Å². The molecule has 0 bridgehead atoms. The summed E-state index contributed by atoms with van der Waals surface area (Å²) in [5.41, 5.74) is 0. The Bertz CT molecular complexity index is 743. The lowest BCUT2D eigenvalue weighted by atomic mass is 10.3. The number of hydrogen-bond acceptors (Lipinski definition) is 6. The van der Waals surface area contributed by atoms with Gasteiger partial charge in [-0.3, -0.25) is 4.99 Å². The summed E-state index contributed by atoms with van der Waals surface area (Å²) in [5, 5.41) is 7.87. The molecule has 0 aliphatic heterocycles. The zero-order valence-corrected chi connectivity index (χ0v) is 17.1. The molecule has 11 heteroatoms. The Morgan fingerprint density at radius 2 is 2.04 bits per heavy atom. The third kappa shape index (κ3) is 9.19. The second kappa shape index (κ2) is 10.1. The summed E-state index contributed by atoms with van der Waals surface area (Å²) in [4.78, 5) is 4.30. The van der Waals surface area contributed by atoms with Gasteiger partial charge in [-0.05, 0) is 31.7 Å². The van der Waals surface area contributed by atoms with Gasteiger partial charge in [-0.1, -0.05) is 6.07 Å². The van der Waals surface area contributed by atoms with Crippen LogP contribution in [0.3, 0.4) is 0 Å². The van der Waals surface area contributed by atoms with E-state index < -0.39 is 19.9 Å². The van der Waals surface area contributed by atoms with E-state index in [1.165, 1.54) is 6.26 Å². The van der Waals surface area contributed by atoms with Gasteiger partial charge in [-0.25, -0.2) is 21.6 Å².